The molecular weight excluding hydrogens is 394 g/mol. The van der Waals surface area contributed by atoms with Gasteiger partial charge in [-0.25, -0.2) is 4.79 Å². The summed E-state index contributed by atoms with van der Waals surface area (Å²) in [5.74, 6) is 0.715. The van der Waals surface area contributed by atoms with Gasteiger partial charge < -0.3 is 24.6 Å². The first-order valence-electron chi connectivity index (χ1n) is 10.8. The molecule has 1 fully saturated rings. The molecular formula is C24H29N3O4. The van der Waals surface area contributed by atoms with Crippen LogP contribution in [-0.2, 0) is 17.7 Å². The quantitative estimate of drug-likeness (QED) is 0.821. The molecule has 31 heavy (non-hydrogen) atoms. The summed E-state index contributed by atoms with van der Waals surface area (Å²) in [6.07, 6.45) is 0.778. The van der Waals surface area contributed by atoms with Gasteiger partial charge in [-0.15, -0.1) is 0 Å². The van der Waals surface area contributed by atoms with E-state index in [1.54, 1.807) is 15.9 Å². The van der Waals surface area contributed by atoms with E-state index in [-0.39, 0.29) is 18.0 Å². The van der Waals surface area contributed by atoms with Crippen molar-refractivity contribution in [3.05, 3.63) is 65.2 Å². The molecule has 2 aromatic rings. The molecule has 164 valence electrons. The summed E-state index contributed by atoms with van der Waals surface area (Å²) < 4.78 is 11.3. The molecule has 7 heteroatoms. The summed E-state index contributed by atoms with van der Waals surface area (Å²) in [7, 11) is 0. The molecule has 1 saturated heterocycles. The van der Waals surface area contributed by atoms with E-state index in [0.717, 1.165) is 17.7 Å². The van der Waals surface area contributed by atoms with Gasteiger partial charge in [-0.1, -0.05) is 30.3 Å². The number of carbonyl (C=O) groups excluding carboxylic acids is 2. The van der Waals surface area contributed by atoms with Crippen molar-refractivity contribution in [1.82, 2.24) is 15.1 Å². The lowest BCUT2D eigenvalue weighted by atomic mass is 10.1. The van der Waals surface area contributed by atoms with Crippen molar-refractivity contribution < 1.29 is 19.1 Å². The van der Waals surface area contributed by atoms with Crippen molar-refractivity contribution in [2.75, 3.05) is 39.5 Å². The van der Waals surface area contributed by atoms with Gasteiger partial charge in [0, 0.05) is 30.8 Å². The van der Waals surface area contributed by atoms with E-state index in [4.69, 9.17) is 9.47 Å². The van der Waals surface area contributed by atoms with Crippen LogP contribution in [-0.4, -0.2) is 67.2 Å². The molecule has 1 atom stereocenters. The predicted molar refractivity (Wildman–Crippen MR) is 117 cm³/mol. The van der Waals surface area contributed by atoms with Crippen LogP contribution >= 0.6 is 0 Å². The number of amides is 3. The average Bonchev–Trinajstić information content (AvgIpc) is 2.98. The third kappa shape index (κ3) is 5.17. The van der Waals surface area contributed by atoms with Crippen LogP contribution in [0.1, 0.15) is 28.4 Å². The monoisotopic (exact) mass is 423 g/mol. The Morgan fingerprint density at radius 1 is 1.10 bits per heavy atom. The molecule has 0 bridgehead atoms. The number of carbonyl (C=O) groups is 2. The van der Waals surface area contributed by atoms with Crippen LogP contribution in [0, 0.1) is 0 Å². The first-order chi connectivity index (χ1) is 15.1. The number of nitrogens with one attached hydrogen (secondary N) is 1. The zero-order valence-electron chi connectivity index (χ0n) is 17.9. The predicted octanol–water partition coefficient (Wildman–Crippen LogP) is 2.69. The lowest BCUT2D eigenvalue weighted by Gasteiger charge is -2.27. The third-order valence-corrected chi connectivity index (χ3v) is 5.75. The fraction of sp³-hybridized carbons (Fsp3) is 0.417. The number of morpholine rings is 1. The Morgan fingerprint density at radius 2 is 1.87 bits per heavy atom. The molecule has 4 rings (SSSR count). The highest BCUT2D eigenvalue weighted by molar-refractivity contribution is 5.94. The molecule has 0 unspecified atom stereocenters. The highest BCUT2D eigenvalue weighted by Crippen LogP contribution is 2.27. The third-order valence-electron chi connectivity index (χ3n) is 5.75. The molecule has 0 saturated carbocycles. The number of rotatable bonds is 4. The number of fused-ring (bicyclic) bond motifs is 1. The Bertz CT molecular complexity index is 912. The summed E-state index contributed by atoms with van der Waals surface area (Å²) in [6, 6.07) is 15.4. The van der Waals surface area contributed by atoms with Gasteiger partial charge in [0.2, 0.25) is 0 Å². The highest BCUT2D eigenvalue weighted by Gasteiger charge is 2.27. The molecule has 2 aromatic carbocycles. The molecule has 0 aliphatic carbocycles. The Hall–Kier alpha value is -3.06. The number of hydrogen-bond donors (Lipinski definition) is 1. The van der Waals surface area contributed by atoms with Gasteiger partial charge in [0.05, 0.1) is 25.8 Å². The van der Waals surface area contributed by atoms with Gasteiger partial charge >= 0.3 is 6.03 Å². The van der Waals surface area contributed by atoms with E-state index in [2.05, 4.69) is 17.4 Å². The van der Waals surface area contributed by atoms with Crippen LogP contribution in [0.4, 0.5) is 4.79 Å². The minimum atomic E-state index is -0.121. The molecule has 2 aliphatic rings. The largest absolute Gasteiger partial charge is 0.491 e. The topological polar surface area (TPSA) is 71.1 Å². The van der Waals surface area contributed by atoms with Gasteiger partial charge in [-0.05, 0) is 37.1 Å². The molecule has 1 N–H and O–H groups in total. The van der Waals surface area contributed by atoms with Gasteiger partial charge in [0.15, 0.2) is 0 Å². The summed E-state index contributed by atoms with van der Waals surface area (Å²) in [5, 5.41) is 3.02. The van der Waals surface area contributed by atoms with Crippen molar-refractivity contribution in [1.29, 1.82) is 0 Å². The van der Waals surface area contributed by atoms with Crippen LogP contribution in [0.25, 0.3) is 0 Å². The highest BCUT2D eigenvalue weighted by atomic mass is 16.5. The van der Waals surface area contributed by atoms with Crippen molar-refractivity contribution in [3.8, 4) is 5.75 Å². The molecule has 0 aromatic heterocycles. The molecule has 0 radical (unpaired) electrons. The van der Waals surface area contributed by atoms with Crippen molar-refractivity contribution in [2.24, 2.45) is 0 Å². The normalized spacial score (nSPS) is 18.5. The van der Waals surface area contributed by atoms with Crippen LogP contribution in [0.15, 0.2) is 48.5 Å². The minimum Gasteiger partial charge on any atom is -0.491 e. The van der Waals surface area contributed by atoms with E-state index in [1.165, 1.54) is 5.56 Å². The van der Waals surface area contributed by atoms with Gasteiger partial charge in [0.1, 0.15) is 12.4 Å². The van der Waals surface area contributed by atoms with E-state index < -0.39 is 0 Å². The fourth-order valence-electron chi connectivity index (χ4n) is 3.90. The second-order valence-electron chi connectivity index (χ2n) is 7.98. The van der Waals surface area contributed by atoms with Gasteiger partial charge in [0.25, 0.3) is 5.91 Å². The maximum atomic E-state index is 12.9. The van der Waals surface area contributed by atoms with E-state index >= 15 is 0 Å². The maximum absolute atomic E-state index is 12.9. The second-order valence-corrected chi connectivity index (χ2v) is 7.98. The Morgan fingerprint density at radius 3 is 2.65 bits per heavy atom. The van der Waals surface area contributed by atoms with Crippen molar-refractivity contribution >= 4 is 11.9 Å². The molecule has 7 nitrogen and oxygen atoms in total. The number of nitrogens with zero attached hydrogens (tertiary/aromatic N) is 2. The molecule has 2 heterocycles. The van der Waals surface area contributed by atoms with Crippen LogP contribution in [0.2, 0.25) is 0 Å². The zero-order valence-corrected chi connectivity index (χ0v) is 17.9. The lowest BCUT2D eigenvalue weighted by Crippen LogP contribution is -2.46. The molecule has 2 aliphatic heterocycles. The number of ether oxygens (including phenoxy) is 2. The van der Waals surface area contributed by atoms with Crippen molar-refractivity contribution in [2.45, 2.75) is 25.9 Å². The average molecular weight is 424 g/mol. The summed E-state index contributed by atoms with van der Waals surface area (Å²) in [4.78, 5) is 29.3. The number of urea groups is 1. The van der Waals surface area contributed by atoms with E-state index in [1.807, 2.05) is 37.3 Å². The minimum absolute atomic E-state index is 0.0118. The SMILES string of the molecule is C[C@H]1COc2ccc(C(=O)N3CCOCC3)cc2CN1C(=O)NCCc1ccccc1. The second kappa shape index (κ2) is 9.83. The summed E-state index contributed by atoms with van der Waals surface area (Å²) in [6.45, 7) is 5.67. The van der Waals surface area contributed by atoms with E-state index in [0.29, 0.717) is 51.6 Å². The van der Waals surface area contributed by atoms with Gasteiger partial charge in [-0.2, -0.15) is 0 Å². The fourth-order valence-corrected chi connectivity index (χ4v) is 3.90. The Balaban J connectivity index is 1.43. The van der Waals surface area contributed by atoms with Crippen LogP contribution in [0.5, 0.6) is 5.75 Å². The van der Waals surface area contributed by atoms with E-state index in [9.17, 15) is 9.59 Å². The van der Waals surface area contributed by atoms with Gasteiger partial charge in [-0.3, -0.25) is 4.79 Å². The number of benzene rings is 2. The molecule has 0 spiro atoms. The maximum Gasteiger partial charge on any atom is 0.318 e. The standard InChI is InChI=1S/C24H29N3O4/c1-18-17-31-22-8-7-20(23(28)26-11-13-30-14-12-26)15-21(22)16-27(18)24(29)25-10-9-19-5-3-2-4-6-19/h2-8,15,18H,9-14,16-17H2,1H3,(H,25,29)/t18-/m0/s1. The lowest BCUT2D eigenvalue weighted by molar-refractivity contribution is 0.0303. The summed E-state index contributed by atoms with van der Waals surface area (Å²) >= 11 is 0. The van der Waals surface area contributed by atoms with Crippen LogP contribution < -0.4 is 10.1 Å². The van der Waals surface area contributed by atoms with Crippen LogP contribution in [0.3, 0.4) is 0 Å². The van der Waals surface area contributed by atoms with Crippen molar-refractivity contribution in [3.63, 3.8) is 0 Å². The Labute approximate surface area is 182 Å². The smallest absolute Gasteiger partial charge is 0.318 e. The first-order valence-corrected chi connectivity index (χ1v) is 10.8. The number of hydrogen-bond acceptors (Lipinski definition) is 4. The zero-order chi connectivity index (χ0) is 21.6. The Kier molecular flexibility index (Phi) is 6.72. The first kappa shape index (κ1) is 21.2. The molecule has 3 amide bonds. The summed E-state index contributed by atoms with van der Waals surface area (Å²) in [5.41, 5.74) is 2.65.